The molecule has 0 heterocycles. The molecule has 0 aromatic heterocycles. The van der Waals surface area contributed by atoms with E-state index in [1.54, 1.807) is 5.57 Å². The average Bonchev–Trinajstić information content (AvgIpc) is 2.68. The minimum atomic E-state index is 0.296. The summed E-state index contributed by atoms with van der Waals surface area (Å²) in [6.45, 7) is 9.27. The zero-order chi connectivity index (χ0) is 11.7. The fourth-order valence-corrected chi connectivity index (χ4v) is 5.32. The summed E-state index contributed by atoms with van der Waals surface area (Å²) in [6, 6.07) is 0. The molecular weight excluding hydrogens is 196 g/mol. The zero-order valence-electron chi connectivity index (χ0n) is 10.9. The van der Waals surface area contributed by atoms with E-state index in [1.807, 2.05) is 0 Å². The zero-order valence-corrected chi connectivity index (χ0v) is 10.9. The van der Waals surface area contributed by atoms with Crippen molar-refractivity contribution in [1.82, 2.24) is 0 Å². The first-order valence-electron chi connectivity index (χ1n) is 6.62. The fraction of sp³-hybridized carbons (Fsp3) is 0.800. The highest BCUT2D eigenvalue weighted by molar-refractivity contribution is 5.99. The SMILES string of the molecule is CC1=C2CC(C)C3C(C)(C)CCC23CC1=O. The first-order chi connectivity index (χ1) is 7.38. The van der Waals surface area contributed by atoms with Crippen LogP contribution in [0.3, 0.4) is 0 Å². The lowest BCUT2D eigenvalue weighted by atomic mass is 9.68. The lowest BCUT2D eigenvalue weighted by Gasteiger charge is -2.35. The summed E-state index contributed by atoms with van der Waals surface area (Å²) < 4.78 is 0. The Morgan fingerprint density at radius 3 is 2.62 bits per heavy atom. The molecule has 3 rings (SSSR count). The van der Waals surface area contributed by atoms with Crippen LogP contribution in [-0.4, -0.2) is 5.78 Å². The summed E-state index contributed by atoms with van der Waals surface area (Å²) in [5.41, 5.74) is 3.39. The van der Waals surface area contributed by atoms with Gasteiger partial charge in [0.2, 0.25) is 0 Å². The second-order valence-electron chi connectivity index (χ2n) is 7.01. The molecular formula is C15H22O. The molecule has 0 saturated heterocycles. The third-order valence-electron chi connectivity index (χ3n) is 5.70. The highest BCUT2D eigenvalue weighted by Gasteiger charge is 2.63. The molecule has 16 heavy (non-hydrogen) atoms. The summed E-state index contributed by atoms with van der Waals surface area (Å²) in [5, 5.41) is 0. The van der Waals surface area contributed by atoms with Crippen LogP contribution in [0.1, 0.15) is 53.4 Å². The van der Waals surface area contributed by atoms with Crippen molar-refractivity contribution < 1.29 is 4.79 Å². The molecule has 0 aromatic carbocycles. The van der Waals surface area contributed by atoms with Crippen molar-refractivity contribution in [3.8, 4) is 0 Å². The fourth-order valence-electron chi connectivity index (χ4n) is 5.32. The predicted molar refractivity (Wildman–Crippen MR) is 65.0 cm³/mol. The molecule has 0 aliphatic heterocycles. The van der Waals surface area contributed by atoms with Gasteiger partial charge in [0.1, 0.15) is 0 Å². The first kappa shape index (κ1) is 10.6. The number of ketones is 1. The third kappa shape index (κ3) is 1.00. The Labute approximate surface area is 98.3 Å². The van der Waals surface area contributed by atoms with Crippen molar-refractivity contribution in [2.45, 2.75) is 53.4 Å². The normalized spacial score (nSPS) is 45.1. The van der Waals surface area contributed by atoms with Crippen LogP contribution in [0.5, 0.6) is 0 Å². The molecule has 3 aliphatic carbocycles. The number of Topliss-reactive ketones (excluding diaryl/α,β-unsaturated/α-hetero) is 1. The summed E-state index contributed by atoms with van der Waals surface area (Å²) in [6.07, 6.45) is 4.57. The van der Waals surface area contributed by atoms with Crippen LogP contribution in [0, 0.1) is 22.7 Å². The Morgan fingerprint density at radius 2 is 1.94 bits per heavy atom. The molecule has 0 radical (unpaired) electrons. The monoisotopic (exact) mass is 218 g/mol. The summed E-state index contributed by atoms with van der Waals surface area (Å²) in [7, 11) is 0. The molecule has 2 fully saturated rings. The molecule has 1 spiro atoms. The van der Waals surface area contributed by atoms with E-state index in [0.717, 1.165) is 23.8 Å². The Bertz CT molecular complexity index is 402. The largest absolute Gasteiger partial charge is 0.295 e. The van der Waals surface area contributed by atoms with Crippen molar-refractivity contribution in [1.29, 1.82) is 0 Å². The van der Waals surface area contributed by atoms with Gasteiger partial charge >= 0.3 is 0 Å². The molecule has 88 valence electrons. The van der Waals surface area contributed by atoms with E-state index >= 15 is 0 Å². The van der Waals surface area contributed by atoms with Gasteiger partial charge in [-0.05, 0) is 49.0 Å². The second-order valence-corrected chi connectivity index (χ2v) is 7.01. The van der Waals surface area contributed by atoms with Crippen LogP contribution in [0.2, 0.25) is 0 Å². The maximum absolute atomic E-state index is 12.0. The van der Waals surface area contributed by atoms with Gasteiger partial charge in [0, 0.05) is 11.8 Å². The minimum Gasteiger partial charge on any atom is -0.295 e. The van der Waals surface area contributed by atoms with E-state index in [2.05, 4.69) is 27.7 Å². The molecule has 0 bridgehead atoms. The molecule has 0 amide bonds. The van der Waals surface area contributed by atoms with Crippen LogP contribution < -0.4 is 0 Å². The number of hydrogen-bond acceptors (Lipinski definition) is 1. The lowest BCUT2D eigenvalue weighted by Crippen LogP contribution is -2.30. The highest BCUT2D eigenvalue weighted by Crippen LogP contribution is 2.70. The highest BCUT2D eigenvalue weighted by atomic mass is 16.1. The van der Waals surface area contributed by atoms with Gasteiger partial charge in [-0.2, -0.15) is 0 Å². The van der Waals surface area contributed by atoms with E-state index in [0.29, 0.717) is 16.6 Å². The van der Waals surface area contributed by atoms with E-state index in [9.17, 15) is 4.79 Å². The summed E-state index contributed by atoms with van der Waals surface area (Å²) in [5.74, 6) is 1.96. The Balaban J connectivity index is 2.15. The molecule has 1 nitrogen and oxygen atoms in total. The molecule has 0 aromatic rings. The van der Waals surface area contributed by atoms with E-state index in [-0.39, 0.29) is 0 Å². The second kappa shape index (κ2) is 2.80. The smallest absolute Gasteiger partial charge is 0.159 e. The van der Waals surface area contributed by atoms with E-state index in [1.165, 1.54) is 19.3 Å². The predicted octanol–water partition coefficient (Wildman–Crippen LogP) is 3.74. The number of hydrogen-bond donors (Lipinski definition) is 0. The lowest BCUT2D eigenvalue weighted by molar-refractivity contribution is -0.116. The molecule has 0 N–H and O–H groups in total. The minimum absolute atomic E-state index is 0.296. The van der Waals surface area contributed by atoms with Gasteiger partial charge in [-0.1, -0.05) is 26.3 Å². The molecule has 3 atom stereocenters. The summed E-state index contributed by atoms with van der Waals surface area (Å²) >= 11 is 0. The van der Waals surface area contributed by atoms with Gasteiger partial charge < -0.3 is 0 Å². The van der Waals surface area contributed by atoms with Gasteiger partial charge in [-0.3, -0.25) is 4.79 Å². The summed E-state index contributed by atoms with van der Waals surface area (Å²) in [4.78, 5) is 12.0. The molecule has 3 aliphatic rings. The number of allylic oxidation sites excluding steroid dienone is 2. The van der Waals surface area contributed by atoms with E-state index in [4.69, 9.17) is 0 Å². The van der Waals surface area contributed by atoms with Gasteiger partial charge in [0.25, 0.3) is 0 Å². The first-order valence-corrected chi connectivity index (χ1v) is 6.62. The van der Waals surface area contributed by atoms with Crippen molar-refractivity contribution in [2.24, 2.45) is 22.7 Å². The van der Waals surface area contributed by atoms with Gasteiger partial charge in [-0.15, -0.1) is 0 Å². The Kier molecular flexibility index (Phi) is 1.85. The van der Waals surface area contributed by atoms with Crippen molar-refractivity contribution in [2.75, 3.05) is 0 Å². The van der Waals surface area contributed by atoms with Crippen molar-refractivity contribution in [3.05, 3.63) is 11.1 Å². The third-order valence-corrected chi connectivity index (χ3v) is 5.70. The average molecular weight is 218 g/mol. The van der Waals surface area contributed by atoms with Crippen LogP contribution in [0.15, 0.2) is 11.1 Å². The van der Waals surface area contributed by atoms with Crippen molar-refractivity contribution >= 4 is 5.78 Å². The Hall–Kier alpha value is -0.590. The van der Waals surface area contributed by atoms with Gasteiger partial charge in [0.15, 0.2) is 5.78 Å². The maximum atomic E-state index is 12.0. The number of carbonyl (C=O) groups excluding carboxylic acids is 1. The van der Waals surface area contributed by atoms with Crippen LogP contribution >= 0.6 is 0 Å². The van der Waals surface area contributed by atoms with Crippen LogP contribution in [0.4, 0.5) is 0 Å². The standard InChI is InChI=1S/C15H22O/c1-9-7-11-10(2)12(16)8-15(11)6-5-14(3,4)13(9)15/h9,13H,5-8H2,1-4H3. The topological polar surface area (TPSA) is 17.1 Å². The molecule has 3 unspecified atom stereocenters. The molecule has 1 heteroatoms. The number of rotatable bonds is 0. The number of carbonyl (C=O) groups is 1. The molecule has 2 saturated carbocycles. The van der Waals surface area contributed by atoms with E-state index < -0.39 is 0 Å². The van der Waals surface area contributed by atoms with Crippen LogP contribution in [0.25, 0.3) is 0 Å². The Morgan fingerprint density at radius 1 is 1.25 bits per heavy atom. The van der Waals surface area contributed by atoms with Gasteiger partial charge in [0.05, 0.1) is 0 Å². The van der Waals surface area contributed by atoms with Crippen molar-refractivity contribution in [3.63, 3.8) is 0 Å². The van der Waals surface area contributed by atoms with Gasteiger partial charge in [-0.25, -0.2) is 0 Å². The quantitative estimate of drug-likeness (QED) is 0.605. The maximum Gasteiger partial charge on any atom is 0.159 e. The van der Waals surface area contributed by atoms with Crippen LogP contribution in [-0.2, 0) is 4.79 Å².